The van der Waals surface area contributed by atoms with Crippen molar-refractivity contribution in [1.29, 1.82) is 0 Å². The van der Waals surface area contributed by atoms with Crippen LogP contribution in [0.3, 0.4) is 0 Å². The Labute approximate surface area is 114 Å². The Balaban J connectivity index is 1.96. The average molecular weight is 256 g/mol. The summed E-state index contributed by atoms with van der Waals surface area (Å²) in [4.78, 5) is 6.91. The fourth-order valence-electron chi connectivity index (χ4n) is 2.87. The van der Waals surface area contributed by atoms with Gasteiger partial charge in [-0.1, -0.05) is 24.3 Å². The molecule has 1 N–H and O–H groups in total. The van der Waals surface area contributed by atoms with Crippen LogP contribution in [0.4, 0.5) is 5.95 Å². The predicted octanol–water partition coefficient (Wildman–Crippen LogP) is 1.57. The zero-order valence-electron chi connectivity index (χ0n) is 11.5. The summed E-state index contributed by atoms with van der Waals surface area (Å²) >= 11 is 0. The number of imidazole rings is 1. The predicted molar refractivity (Wildman–Crippen MR) is 77.3 cm³/mol. The molecule has 0 saturated carbocycles. The van der Waals surface area contributed by atoms with Crippen LogP contribution < -0.4 is 10.2 Å². The van der Waals surface area contributed by atoms with Gasteiger partial charge in [0.2, 0.25) is 5.95 Å². The van der Waals surface area contributed by atoms with Crippen molar-refractivity contribution in [2.45, 2.75) is 19.0 Å². The van der Waals surface area contributed by atoms with E-state index in [0.29, 0.717) is 6.04 Å². The molecule has 19 heavy (non-hydrogen) atoms. The number of rotatable bonds is 3. The van der Waals surface area contributed by atoms with Crippen LogP contribution in [-0.4, -0.2) is 29.2 Å². The molecule has 0 spiro atoms. The van der Waals surface area contributed by atoms with E-state index in [9.17, 15) is 0 Å². The second-order valence-electron chi connectivity index (χ2n) is 5.15. The van der Waals surface area contributed by atoms with Gasteiger partial charge in [0.05, 0.1) is 0 Å². The largest absolute Gasteiger partial charge is 0.333 e. The quantitative estimate of drug-likeness (QED) is 0.905. The summed E-state index contributed by atoms with van der Waals surface area (Å²) in [5.41, 5.74) is 2.88. The summed E-state index contributed by atoms with van der Waals surface area (Å²) in [6.07, 6.45) is 4.95. The van der Waals surface area contributed by atoms with Gasteiger partial charge >= 0.3 is 0 Å². The third-order valence-electron chi connectivity index (χ3n) is 3.85. The van der Waals surface area contributed by atoms with Crippen LogP contribution in [0.1, 0.15) is 11.1 Å². The van der Waals surface area contributed by atoms with Crippen molar-refractivity contribution in [3.8, 4) is 0 Å². The first-order valence-corrected chi connectivity index (χ1v) is 6.75. The van der Waals surface area contributed by atoms with Crippen molar-refractivity contribution in [1.82, 2.24) is 14.9 Å². The number of aromatic nitrogens is 2. The number of fused-ring (bicyclic) bond motifs is 1. The van der Waals surface area contributed by atoms with Crippen molar-refractivity contribution in [2.24, 2.45) is 7.05 Å². The third-order valence-corrected chi connectivity index (χ3v) is 3.85. The Morgan fingerprint density at radius 2 is 2.11 bits per heavy atom. The zero-order valence-corrected chi connectivity index (χ0v) is 11.5. The lowest BCUT2D eigenvalue weighted by atomic mass is 9.94. The molecule has 1 aliphatic rings. The van der Waals surface area contributed by atoms with Gasteiger partial charge in [-0.2, -0.15) is 0 Å². The monoisotopic (exact) mass is 256 g/mol. The van der Waals surface area contributed by atoms with Crippen LogP contribution in [0.15, 0.2) is 36.7 Å². The average Bonchev–Trinajstić information content (AvgIpc) is 2.84. The SMILES string of the molecule is CNCC1Cc2ccccc2CN1c1nccn1C. The molecule has 0 saturated heterocycles. The molecule has 3 rings (SSSR count). The van der Waals surface area contributed by atoms with Gasteiger partial charge in [0.1, 0.15) is 0 Å². The van der Waals surface area contributed by atoms with E-state index in [1.165, 1.54) is 11.1 Å². The molecule has 0 aliphatic carbocycles. The number of hydrogen-bond acceptors (Lipinski definition) is 3. The molecule has 0 bridgehead atoms. The van der Waals surface area contributed by atoms with E-state index in [1.807, 2.05) is 19.4 Å². The highest BCUT2D eigenvalue weighted by atomic mass is 15.3. The summed E-state index contributed by atoms with van der Waals surface area (Å²) < 4.78 is 2.09. The molecule has 0 amide bonds. The fourth-order valence-corrected chi connectivity index (χ4v) is 2.87. The normalized spacial score (nSPS) is 18.4. The van der Waals surface area contributed by atoms with Gasteiger partial charge in [0, 0.05) is 38.6 Å². The Morgan fingerprint density at radius 3 is 2.79 bits per heavy atom. The lowest BCUT2D eigenvalue weighted by Gasteiger charge is -2.37. The van der Waals surface area contributed by atoms with E-state index >= 15 is 0 Å². The lowest BCUT2D eigenvalue weighted by molar-refractivity contribution is 0.513. The zero-order chi connectivity index (χ0) is 13.2. The van der Waals surface area contributed by atoms with Crippen molar-refractivity contribution >= 4 is 5.95 Å². The summed E-state index contributed by atoms with van der Waals surface area (Å²) in [6, 6.07) is 9.18. The van der Waals surface area contributed by atoms with Crippen LogP contribution in [-0.2, 0) is 20.0 Å². The molecule has 4 heteroatoms. The molecule has 2 heterocycles. The number of benzene rings is 1. The Kier molecular flexibility index (Phi) is 3.25. The molecule has 4 nitrogen and oxygen atoms in total. The number of likely N-dealkylation sites (N-methyl/N-ethyl adjacent to an activating group) is 1. The molecule has 0 radical (unpaired) electrons. The van der Waals surface area contributed by atoms with Crippen LogP contribution in [0.2, 0.25) is 0 Å². The number of aryl methyl sites for hydroxylation is 1. The van der Waals surface area contributed by atoms with Crippen LogP contribution >= 0.6 is 0 Å². The second kappa shape index (κ2) is 5.05. The smallest absolute Gasteiger partial charge is 0.205 e. The first kappa shape index (κ1) is 12.2. The van der Waals surface area contributed by atoms with Crippen molar-refractivity contribution in [2.75, 3.05) is 18.5 Å². The highest BCUT2D eigenvalue weighted by molar-refractivity contribution is 5.42. The maximum absolute atomic E-state index is 4.51. The Morgan fingerprint density at radius 1 is 1.32 bits per heavy atom. The maximum Gasteiger partial charge on any atom is 0.205 e. The van der Waals surface area contributed by atoms with Crippen LogP contribution in [0, 0.1) is 0 Å². The molecule has 1 unspecified atom stereocenters. The summed E-state index contributed by atoms with van der Waals surface area (Å²) in [5, 5.41) is 3.30. The topological polar surface area (TPSA) is 33.1 Å². The molecule has 1 aromatic carbocycles. The molecule has 1 aliphatic heterocycles. The minimum absolute atomic E-state index is 0.459. The highest BCUT2D eigenvalue weighted by Gasteiger charge is 2.27. The van der Waals surface area contributed by atoms with E-state index in [1.54, 1.807) is 0 Å². The third kappa shape index (κ3) is 2.24. The van der Waals surface area contributed by atoms with Gasteiger partial charge in [0.25, 0.3) is 0 Å². The van der Waals surface area contributed by atoms with E-state index in [0.717, 1.165) is 25.5 Å². The standard InChI is InChI=1S/C15H20N4/c1-16-10-14-9-12-5-3-4-6-13(12)11-19(14)15-17-7-8-18(15)2/h3-8,14,16H,9-11H2,1-2H3. The molecule has 1 aromatic heterocycles. The minimum atomic E-state index is 0.459. The van der Waals surface area contributed by atoms with Crippen molar-refractivity contribution in [3.05, 3.63) is 47.8 Å². The van der Waals surface area contributed by atoms with Crippen LogP contribution in [0.5, 0.6) is 0 Å². The van der Waals surface area contributed by atoms with Gasteiger partial charge in [-0.05, 0) is 24.6 Å². The molecular formula is C15H20N4. The van der Waals surface area contributed by atoms with Crippen molar-refractivity contribution < 1.29 is 0 Å². The summed E-state index contributed by atoms with van der Waals surface area (Å²) in [5.74, 6) is 1.05. The number of anilines is 1. The van der Waals surface area contributed by atoms with Crippen LogP contribution in [0.25, 0.3) is 0 Å². The highest BCUT2D eigenvalue weighted by Crippen LogP contribution is 2.26. The fraction of sp³-hybridized carbons (Fsp3) is 0.400. The molecular weight excluding hydrogens is 236 g/mol. The first-order chi connectivity index (χ1) is 9.29. The summed E-state index contributed by atoms with van der Waals surface area (Å²) in [6.45, 7) is 1.91. The maximum atomic E-state index is 4.51. The van der Waals surface area contributed by atoms with E-state index < -0.39 is 0 Å². The second-order valence-corrected chi connectivity index (χ2v) is 5.15. The van der Waals surface area contributed by atoms with E-state index in [-0.39, 0.29) is 0 Å². The lowest BCUT2D eigenvalue weighted by Crippen LogP contribution is -2.46. The number of nitrogens with zero attached hydrogens (tertiary/aromatic N) is 3. The first-order valence-electron chi connectivity index (χ1n) is 6.75. The molecule has 2 aromatic rings. The number of nitrogens with one attached hydrogen (secondary N) is 1. The summed E-state index contributed by atoms with van der Waals surface area (Å²) in [7, 11) is 4.07. The van der Waals surface area contributed by atoms with Gasteiger partial charge in [0.15, 0.2) is 0 Å². The van der Waals surface area contributed by atoms with Gasteiger partial charge in [-0.25, -0.2) is 4.98 Å². The van der Waals surface area contributed by atoms with E-state index in [2.05, 4.69) is 51.1 Å². The van der Waals surface area contributed by atoms with Gasteiger partial charge < -0.3 is 14.8 Å². The molecule has 1 atom stereocenters. The number of hydrogen-bond donors (Lipinski definition) is 1. The Hall–Kier alpha value is -1.81. The van der Waals surface area contributed by atoms with Gasteiger partial charge in [-0.15, -0.1) is 0 Å². The van der Waals surface area contributed by atoms with Crippen molar-refractivity contribution in [3.63, 3.8) is 0 Å². The molecule has 0 fully saturated rings. The van der Waals surface area contributed by atoms with Gasteiger partial charge in [-0.3, -0.25) is 0 Å². The van der Waals surface area contributed by atoms with E-state index in [4.69, 9.17) is 0 Å². The minimum Gasteiger partial charge on any atom is -0.333 e. The molecule has 100 valence electrons. The Bertz CT molecular complexity index is 561.